The molecule has 1 amide bonds. The van der Waals surface area contributed by atoms with Gasteiger partial charge in [-0.3, -0.25) is 4.79 Å². The van der Waals surface area contributed by atoms with E-state index in [2.05, 4.69) is 49.5 Å². The van der Waals surface area contributed by atoms with Crippen LogP contribution in [0.4, 0.5) is 0 Å². The molecule has 0 bridgehead atoms. The van der Waals surface area contributed by atoms with Crippen LogP contribution in [0.2, 0.25) is 0 Å². The highest BCUT2D eigenvalue weighted by Gasteiger charge is 2.39. The van der Waals surface area contributed by atoms with Crippen LogP contribution in [-0.4, -0.2) is 27.2 Å². The van der Waals surface area contributed by atoms with Crippen LogP contribution >= 0.6 is 15.9 Å². The SMILES string of the molecule is O=C(NCC1(c2cccc(Br)c2)CCC1)c1ccc(-n2cccn2)nc1. The third-order valence-electron chi connectivity index (χ3n) is 5.08. The molecule has 5 nitrogen and oxygen atoms in total. The smallest absolute Gasteiger partial charge is 0.252 e. The fraction of sp³-hybridized carbons (Fsp3) is 0.250. The van der Waals surface area contributed by atoms with Crippen LogP contribution in [0.25, 0.3) is 5.82 Å². The normalized spacial score (nSPS) is 15.3. The second kappa shape index (κ2) is 7.03. The van der Waals surface area contributed by atoms with Crippen molar-refractivity contribution in [3.63, 3.8) is 0 Å². The lowest BCUT2D eigenvalue weighted by Crippen LogP contribution is -2.45. The van der Waals surface area contributed by atoms with Crippen LogP contribution in [0, 0.1) is 0 Å². The predicted octanol–water partition coefficient (Wildman–Crippen LogP) is 3.88. The summed E-state index contributed by atoms with van der Waals surface area (Å²) >= 11 is 3.55. The summed E-state index contributed by atoms with van der Waals surface area (Å²) in [6, 6.07) is 13.8. The van der Waals surface area contributed by atoms with Crippen molar-refractivity contribution in [3.05, 3.63) is 76.7 Å². The minimum atomic E-state index is -0.0919. The Morgan fingerprint density at radius 3 is 2.73 bits per heavy atom. The average molecular weight is 411 g/mol. The van der Waals surface area contributed by atoms with Crippen LogP contribution in [0.1, 0.15) is 35.2 Å². The van der Waals surface area contributed by atoms with Crippen molar-refractivity contribution >= 4 is 21.8 Å². The van der Waals surface area contributed by atoms with Gasteiger partial charge in [-0.25, -0.2) is 9.67 Å². The summed E-state index contributed by atoms with van der Waals surface area (Å²) in [5.74, 6) is 0.599. The minimum absolute atomic E-state index is 0.0435. The highest BCUT2D eigenvalue weighted by Crippen LogP contribution is 2.43. The molecule has 3 aromatic rings. The molecule has 1 aliphatic carbocycles. The number of nitrogens with one attached hydrogen (secondary N) is 1. The molecule has 0 radical (unpaired) electrons. The average Bonchev–Trinajstić information content (AvgIpc) is 3.15. The van der Waals surface area contributed by atoms with Crippen LogP contribution in [0.15, 0.2) is 65.5 Å². The zero-order chi connectivity index (χ0) is 18.0. The molecule has 0 atom stereocenters. The van der Waals surface area contributed by atoms with Crippen molar-refractivity contribution in [2.45, 2.75) is 24.7 Å². The summed E-state index contributed by atoms with van der Waals surface area (Å²) in [6.07, 6.45) is 8.50. The van der Waals surface area contributed by atoms with Crippen molar-refractivity contribution in [1.82, 2.24) is 20.1 Å². The van der Waals surface area contributed by atoms with Crippen LogP contribution in [0.5, 0.6) is 0 Å². The lowest BCUT2D eigenvalue weighted by atomic mass is 9.64. The molecule has 0 spiro atoms. The summed E-state index contributed by atoms with van der Waals surface area (Å²) in [5, 5.41) is 7.24. The lowest BCUT2D eigenvalue weighted by Gasteiger charge is -2.42. The highest BCUT2D eigenvalue weighted by molar-refractivity contribution is 9.10. The van der Waals surface area contributed by atoms with Crippen molar-refractivity contribution < 1.29 is 4.79 Å². The molecule has 26 heavy (non-hydrogen) atoms. The molecule has 1 aromatic carbocycles. The zero-order valence-electron chi connectivity index (χ0n) is 14.2. The van der Waals surface area contributed by atoms with Gasteiger partial charge in [0.05, 0.1) is 5.56 Å². The predicted molar refractivity (Wildman–Crippen MR) is 103 cm³/mol. The molecule has 1 fully saturated rings. The van der Waals surface area contributed by atoms with Gasteiger partial charge in [0.25, 0.3) is 5.91 Å². The van der Waals surface area contributed by atoms with Crippen molar-refractivity contribution in [1.29, 1.82) is 0 Å². The van der Waals surface area contributed by atoms with E-state index in [1.165, 1.54) is 12.0 Å². The Bertz CT molecular complexity index is 902. The molecule has 1 saturated carbocycles. The summed E-state index contributed by atoms with van der Waals surface area (Å²) in [7, 11) is 0. The monoisotopic (exact) mass is 410 g/mol. The Hall–Kier alpha value is -2.47. The number of hydrogen-bond acceptors (Lipinski definition) is 3. The highest BCUT2D eigenvalue weighted by atomic mass is 79.9. The number of benzene rings is 1. The first-order valence-electron chi connectivity index (χ1n) is 8.67. The first kappa shape index (κ1) is 17.0. The number of aromatic nitrogens is 3. The van der Waals surface area contributed by atoms with Gasteiger partial charge < -0.3 is 5.32 Å². The zero-order valence-corrected chi connectivity index (χ0v) is 15.8. The van der Waals surface area contributed by atoms with Gasteiger partial charge in [-0.15, -0.1) is 0 Å². The van der Waals surface area contributed by atoms with E-state index in [0.717, 1.165) is 17.3 Å². The fourth-order valence-electron chi connectivity index (χ4n) is 3.40. The number of amides is 1. The van der Waals surface area contributed by atoms with Gasteiger partial charge in [0.2, 0.25) is 0 Å². The van der Waals surface area contributed by atoms with Gasteiger partial charge in [0, 0.05) is 35.0 Å². The summed E-state index contributed by atoms with van der Waals surface area (Å²) in [6.45, 7) is 0.642. The van der Waals surface area contributed by atoms with Crippen molar-refractivity contribution in [3.8, 4) is 5.82 Å². The lowest BCUT2D eigenvalue weighted by molar-refractivity contribution is 0.0927. The number of carbonyl (C=O) groups excluding carboxylic acids is 1. The quantitative estimate of drug-likeness (QED) is 0.693. The molecule has 6 heteroatoms. The Labute approximate surface area is 160 Å². The fourth-order valence-corrected chi connectivity index (χ4v) is 3.80. The Kier molecular flexibility index (Phi) is 4.59. The van der Waals surface area contributed by atoms with E-state index in [4.69, 9.17) is 0 Å². The third-order valence-corrected chi connectivity index (χ3v) is 5.58. The van der Waals surface area contributed by atoms with Gasteiger partial charge in [-0.2, -0.15) is 5.10 Å². The van der Waals surface area contributed by atoms with E-state index in [9.17, 15) is 4.79 Å². The second-order valence-electron chi connectivity index (χ2n) is 6.68. The van der Waals surface area contributed by atoms with E-state index in [-0.39, 0.29) is 11.3 Å². The second-order valence-corrected chi connectivity index (χ2v) is 7.60. The number of carbonyl (C=O) groups is 1. The first-order chi connectivity index (χ1) is 12.7. The van der Waals surface area contributed by atoms with Crippen molar-refractivity contribution in [2.75, 3.05) is 6.54 Å². The minimum Gasteiger partial charge on any atom is -0.351 e. The first-order valence-corrected chi connectivity index (χ1v) is 9.46. The Morgan fingerprint density at radius 1 is 1.23 bits per heavy atom. The summed E-state index contributed by atoms with van der Waals surface area (Å²) < 4.78 is 2.74. The number of pyridine rings is 1. The molecular formula is C20H19BrN4O. The number of nitrogens with zero attached hydrogens (tertiary/aromatic N) is 3. The van der Waals surface area contributed by atoms with Gasteiger partial charge in [-0.05, 0) is 48.7 Å². The molecule has 1 N–H and O–H groups in total. The van der Waals surface area contributed by atoms with E-state index < -0.39 is 0 Å². The van der Waals surface area contributed by atoms with E-state index >= 15 is 0 Å². The van der Waals surface area contributed by atoms with Gasteiger partial charge in [0.1, 0.15) is 0 Å². The molecule has 0 saturated heterocycles. The van der Waals surface area contributed by atoms with Crippen molar-refractivity contribution in [2.24, 2.45) is 0 Å². The maximum absolute atomic E-state index is 12.5. The van der Waals surface area contributed by atoms with Gasteiger partial charge >= 0.3 is 0 Å². The molecular weight excluding hydrogens is 392 g/mol. The van der Waals surface area contributed by atoms with E-state index in [0.29, 0.717) is 17.9 Å². The number of hydrogen-bond donors (Lipinski definition) is 1. The maximum Gasteiger partial charge on any atom is 0.252 e. The molecule has 132 valence electrons. The van der Waals surface area contributed by atoms with E-state index in [1.54, 1.807) is 29.2 Å². The van der Waals surface area contributed by atoms with Crippen LogP contribution < -0.4 is 5.32 Å². The van der Waals surface area contributed by atoms with E-state index in [1.807, 2.05) is 18.3 Å². The molecule has 2 heterocycles. The molecule has 0 aliphatic heterocycles. The summed E-state index contributed by atoms with van der Waals surface area (Å²) in [4.78, 5) is 16.9. The maximum atomic E-state index is 12.5. The molecule has 1 aliphatic rings. The number of halogens is 1. The Balaban J connectivity index is 1.44. The largest absolute Gasteiger partial charge is 0.351 e. The van der Waals surface area contributed by atoms with Crippen LogP contribution in [0.3, 0.4) is 0 Å². The molecule has 2 aromatic heterocycles. The molecule has 4 rings (SSSR count). The third kappa shape index (κ3) is 3.29. The Morgan fingerprint density at radius 2 is 2.12 bits per heavy atom. The topological polar surface area (TPSA) is 59.8 Å². The molecule has 0 unspecified atom stereocenters. The van der Waals surface area contributed by atoms with Gasteiger partial charge in [-0.1, -0.05) is 34.5 Å². The summed E-state index contributed by atoms with van der Waals surface area (Å²) in [5.41, 5.74) is 1.89. The van der Waals surface area contributed by atoms with Crippen LogP contribution in [-0.2, 0) is 5.41 Å². The standard InChI is InChI=1S/C20H19BrN4O/c21-17-5-1-4-16(12-17)20(8-2-9-20)14-23-19(26)15-6-7-18(22-13-15)25-11-3-10-24-25/h1,3-7,10-13H,2,8-9,14H2,(H,23,26). The number of rotatable bonds is 5. The van der Waals surface area contributed by atoms with Gasteiger partial charge in [0.15, 0.2) is 5.82 Å².